The summed E-state index contributed by atoms with van der Waals surface area (Å²) in [7, 11) is 3.42. The highest BCUT2D eigenvalue weighted by Crippen LogP contribution is 2.37. The zero-order valence-electron chi connectivity index (χ0n) is 11.9. The molecule has 0 radical (unpaired) electrons. The number of fused-ring (bicyclic) bond motifs is 1. The van der Waals surface area contributed by atoms with Gasteiger partial charge in [-0.1, -0.05) is 32.4 Å². The number of aryl methyl sites for hydroxylation is 2. The summed E-state index contributed by atoms with van der Waals surface area (Å²) in [6.45, 7) is 5.84. The summed E-state index contributed by atoms with van der Waals surface area (Å²) < 4.78 is 3.11. The van der Waals surface area contributed by atoms with Crippen LogP contribution in [0.15, 0.2) is 16.9 Å². The molecule has 1 heterocycles. The molecule has 0 bridgehead atoms. The van der Waals surface area contributed by atoms with Crippen LogP contribution >= 0.6 is 11.6 Å². The van der Waals surface area contributed by atoms with E-state index in [1.165, 1.54) is 0 Å². The lowest BCUT2D eigenvalue weighted by molar-refractivity contribution is 0.0628. The maximum absolute atomic E-state index is 11.9. The molecular weight excluding hydrogens is 264 g/mol. The molecular formula is C14H19ClN2O2. The molecule has 0 aliphatic heterocycles. The van der Waals surface area contributed by atoms with Crippen molar-refractivity contribution in [3.05, 3.63) is 33.2 Å². The van der Waals surface area contributed by atoms with Crippen molar-refractivity contribution in [1.29, 1.82) is 0 Å². The fourth-order valence-electron chi connectivity index (χ4n) is 2.21. The van der Waals surface area contributed by atoms with E-state index in [4.69, 9.17) is 11.6 Å². The van der Waals surface area contributed by atoms with Crippen molar-refractivity contribution >= 4 is 22.6 Å². The second-order valence-electron chi connectivity index (χ2n) is 6.03. The average molecular weight is 283 g/mol. The highest BCUT2D eigenvalue weighted by atomic mass is 35.5. The first-order chi connectivity index (χ1) is 8.64. The fourth-order valence-corrected chi connectivity index (χ4v) is 2.47. The molecule has 0 aliphatic rings. The molecule has 1 N–H and O–H groups in total. The molecule has 0 saturated heterocycles. The first-order valence-electron chi connectivity index (χ1n) is 6.17. The van der Waals surface area contributed by atoms with Crippen LogP contribution in [0, 0.1) is 5.41 Å². The van der Waals surface area contributed by atoms with Crippen LogP contribution in [0.5, 0.6) is 0 Å². The summed E-state index contributed by atoms with van der Waals surface area (Å²) in [4.78, 5) is 11.9. The maximum Gasteiger partial charge on any atom is 0.328 e. The molecule has 19 heavy (non-hydrogen) atoms. The molecule has 4 nitrogen and oxygen atoms in total. The Morgan fingerprint density at radius 2 is 1.63 bits per heavy atom. The first-order valence-corrected chi connectivity index (χ1v) is 6.55. The van der Waals surface area contributed by atoms with Crippen LogP contribution in [-0.4, -0.2) is 14.2 Å². The highest BCUT2D eigenvalue weighted by molar-refractivity contribution is 6.32. The Kier molecular flexibility index (Phi) is 3.27. The number of halogens is 1. The van der Waals surface area contributed by atoms with E-state index in [1.54, 1.807) is 35.4 Å². The van der Waals surface area contributed by atoms with Crippen molar-refractivity contribution in [2.75, 3.05) is 0 Å². The Hall–Kier alpha value is -1.26. The van der Waals surface area contributed by atoms with Gasteiger partial charge in [-0.15, -0.1) is 0 Å². The van der Waals surface area contributed by atoms with Crippen LogP contribution in [0.1, 0.15) is 32.4 Å². The van der Waals surface area contributed by atoms with Crippen LogP contribution in [-0.2, 0) is 14.1 Å². The van der Waals surface area contributed by atoms with E-state index in [0.29, 0.717) is 10.6 Å². The highest BCUT2D eigenvalue weighted by Gasteiger charge is 2.26. The lowest BCUT2D eigenvalue weighted by Gasteiger charge is -2.27. The fraction of sp³-hybridized carbons (Fsp3) is 0.500. The normalized spacial score (nSPS) is 14.1. The predicted octanol–water partition coefficient (Wildman–Crippen LogP) is 2.61. The summed E-state index contributed by atoms with van der Waals surface area (Å²) in [6.07, 6.45) is -0.681. The summed E-state index contributed by atoms with van der Waals surface area (Å²) in [5, 5.41) is 10.9. The Bertz CT molecular complexity index is 692. The van der Waals surface area contributed by atoms with Gasteiger partial charge in [0.25, 0.3) is 0 Å². The molecule has 0 spiro atoms. The van der Waals surface area contributed by atoms with E-state index in [1.807, 2.05) is 20.8 Å². The zero-order valence-corrected chi connectivity index (χ0v) is 12.6. The SMILES string of the molecule is Cn1c(=O)n(C)c2cc(C(O)C(C)(C)C)c(Cl)cc21. The topological polar surface area (TPSA) is 47.2 Å². The monoisotopic (exact) mass is 282 g/mol. The van der Waals surface area contributed by atoms with E-state index >= 15 is 0 Å². The van der Waals surface area contributed by atoms with Gasteiger partial charge in [-0.2, -0.15) is 0 Å². The van der Waals surface area contributed by atoms with Gasteiger partial charge < -0.3 is 5.11 Å². The van der Waals surface area contributed by atoms with Crippen molar-refractivity contribution in [3.8, 4) is 0 Å². The number of aromatic nitrogens is 2. The van der Waals surface area contributed by atoms with Crippen LogP contribution < -0.4 is 5.69 Å². The molecule has 1 aromatic carbocycles. The molecule has 0 saturated carbocycles. The first kappa shape index (κ1) is 14.2. The number of nitrogens with zero attached hydrogens (tertiary/aromatic N) is 2. The third-order valence-corrected chi connectivity index (χ3v) is 3.83. The molecule has 1 aromatic heterocycles. The van der Waals surface area contributed by atoms with Gasteiger partial charge in [-0.05, 0) is 17.5 Å². The standard InChI is InChI=1S/C14H19ClN2O2/c1-14(2,3)12(18)8-6-10-11(7-9(8)15)17(5)13(19)16(10)4/h6-7,12,18H,1-5H3. The Balaban J connectivity index is 2.76. The number of hydrogen-bond acceptors (Lipinski definition) is 2. The van der Waals surface area contributed by atoms with Crippen molar-refractivity contribution in [2.24, 2.45) is 19.5 Å². The lowest BCUT2D eigenvalue weighted by Crippen LogP contribution is -2.19. The third-order valence-electron chi connectivity index (χ3n) is 3.51. The van der Waals surface area contributed by atoms with Crippen molar-refractivity contribution in [2.45, 2.75) is 26.9 Å². The lowest BCUT2D eigenvalue weighted by atomic mass is 9.84. The summed E-state index contributed by atoms with van der Waals surface area (Å²) in [5.41, 5.74) is 1.78. The van der Waals surface area contributed by atoms with Crippen molar-refractivity contribution in [3.63, 3.8) is 0 Å². The van der Waals surface area contributed by atoms with Gasteiger partial charge in [0, 0.05) is 24.7 Å². The van der Waals surface area contributed by atoms with Crippen molar-refractivity contribution in [1.82, 2.24) is 9.13 Å². The molecule has 2 aromatic rings. The molecule has 0 aliphatic carbocycles. The zero-order chi connectivity index (χ0) is 14.5. The number of benzene rings is 1. The van der Waals surface area contributed by atoms with Gasteiger partial charge in [0.2, 0.25) is 0 Å². The largest absolute Gasteiger partial charge is 0.388 e. The second-order valence-corrected chi connectivity index (χ2v) is 6.44. The predicted molar refractivity (Wildman–Crippen MR) is 77.6 cm³/mol. The minimum Gasteiger partial charge on any atom is -0.388 e. The number of hydrogen-bond donors (Lipinski definition) is 1. The Morgan fingerprint density at radius 3 is 2.11 bits per heavy atom. The molecule has 2 rings (SSSR count). The van der Waals surface area contributed by atoms with Crippen LogP contribution in [0.25, 0.3) is 11.0 Å². The molecule has 5 heteroatoms. The van der Waals surface area contributed by atoms with Gasteiger partial charge in [0.1, 0.15) is 0 Å². The van der Waals surface area contributed by atoms with Crippen LogP contribution in [0.4, 0.5) is 0 Å². The van der Waals surface area contributed by atoms with Gasteiger partial charge in [-0.25, -0.2) is 4.79 Å². The van der Waals surface area contributed by atoms with E-state index in [-0.39, 0.29) is 11.1 Å². The minimum absolute atomic E-state index is 0.103. The van der Waals surface area contributed by atoms with E-state index in [9.17, 15) is 9.90 Å². The number of aliphatic hydroxyl groups excluding tert-OH is 1. The Morgan fingerprint density at radius 1 is 1.16 bits per heavy atom. The van der Waals surface area contributed by atoms with Crippen LogP contribution in [0.2, 0.25) is 5.02 Å². The quantitative estimate of drug-likeness (QED) is 0.874. The number of rotatable bonds is 1. The summed E-state index contributed by atoms with van der Waals surface area (Å²) in [5.74, 6) is 0. The third kappa shape index (κ3) is 2.19. The summed E-state index contributed by atoms with van der Waals surface area (Å²) >= 11 is 6.25. The minimum atomic E-state index is -0.681. The number of aliphatic hydroxyl groups is 1. The summed E-state index contributed by atoms with van der Waals surface area (Å²) in [6, 6.07) is 3.54. The van der Waals surface area contributed by atoms with Gasteiger partial charge >= 0.3 is 5.69 Å². The second kappa shape index (κ2) is 4.39. The van der Waals surface area contributed by atoms with Gasteiger partial charge in [0.05, 0.1) is 17.1 Å². The molecule has 1 atom stereocenters. The average Bonchev–Trinajstić information content (AvgIpc) is 2.52. The van der Waals surface area contributed by atoms with E-state index in [0.717, 1.165) is 11.0 Å². The van der Waals surface area contributed by atoms with E-state index < -0.39 is 6.10 Å². The Labute approximate surface area is 117 Å². The van der Waals surface area contributed by atoms with Crippen LogP contribution in [0.3, 0.4) is 0 Å². The number of imidazole rings is 1. The molecule has 104 valence electrons. The van der Waals surface area contributed by atoms with Gasteiger partial charge in [-0.3, -0.25) is 9.13 Å². The maximum atomic E-state index is 11.9. The smallest absolute Gasteiger partial charge is 0.328 e. The molecule has 0 fully saturated rings. The van der Waals surface area contributed by atoms with Gasteiger partial charge in [0.15, 0.2) is 0 Å². The van der Waals surface area contributed by atoms with E-state index in [2.05, 4.69) is 0 Å². The molecule has 0 amide bonds. The van der Waals surface area contributed by atoms with Crippen molar-refractivity contribution < 1.29 is 5.11 Å². The molecule has 1 unspecified atom stereocenters.